The molecular formula is C15H15N3O2. The van der Waals surface area contributed by atoms with Crippen LogP contribution in [0, 0.1) is 0 Å². The summed E-state index contributed by atoms with van der Waals surface area (Å²) >= 11 is 0. The maximum Gasteiger partial charge on any atom is 0.338 e. The van der Waals surface area contributed by atoms with E-state index in [1.165, 1.54) is 6.07 Å². The van der Waals surface area contributed by atoms with Crippen molar-refractivity contribution in [1.29, 1.82) is 0 Å². The van der Waals surface area contributed by atoms with E-state index in [1.54, 1.807) is 18.6 Å². The molecule has 20 heavy (non-hydrogen) atoms. The largest absolute Gasteiger partial charge is 0.423 e. The Morgan fingerprint density at radius 3 is 3.05 bits per heavy atom. The average molecular weight is 269 g/mol. The van der Waals surface area contributed by atoms with Crippen LogP contribution in [0.1, 0.15) is 6.42 Å². The van der Waals surface area contributed by atoms with Gasteiger partial charge >= 0.3 is 5.63 Å². The van der Waals surface area contributed by atoms with Gasteiger partial charge in [-0.3, -0.25) is 0 Å². The number of nitrogens with one attached hydrogen (secondary N) is 1. The van der Waals surface area contributed by atoms with E-state index in [2.05, 4.69) is 10.3 Å². The van der Waals surface area contributed by atoms with E-state index < -0.39 is 0 Å². The number of para-hydroxylation sites is 1. The number of hydrogen-bond donors (Lipinski definition) is 1. The summed E-state index contributed by atoms with van der Waals surface area (Å²) in [6, 6.07) is 9.02. The van der Waals surface area contributed by atoms with E-state index in [-0.39, 0.29) is 5.63 Å². The highest BCUT2D eigenvalue weighted by molar-refractivity contribution is 5.89. The highest BCUT2D eigenvalue weighted by atomic mass is 16.4. The molecule has 1 N–H and O–H groups in total. The number of imidazole rings is 1. The first-order valence-electron chi connectivity index (χ1n) is 6.55. The smallest absolute Gasteiger partial charge is 0.338 e. The summed E-state index contributed by atoms with van der Waals surface area (Å²) in [5.41, 5.74) is 1.10. The zero-order valence-electron chi connectivity index (χ0n) is 11.0. The van der Waals surface area contributed by atoms with Crippen LogP contribution in [0.15, 0.2) is 58.3 Å². The van der Waals surface area contributed by atoms with Gasteiger partial charge in [-0.2, -0.15) is 0 Å². The van der Waals surface area contributed by atoms with Gasteiger partial charge in [-0.25, -0.2) is 9.78 Å². The van der Waals surface area contributed by atoms with Gasteiger partial charge in [0.2, 0.25) is 0 Å². The molecule has 0 saturated carbocycles. The van der Waals surface area contributed by atoms with E-state index in [1.807, 2.05) is 29.0 Å². The number of aryl methyl sites for hydroxylation is 1. The molecule has 0 saturated heterocycles. The second kappa shape index (κ2) is 5.61. The molecule has 0 spiro atoms. The fourth-order valence-electron chi connectivity index (χ4n) is 2.16. The first-order valence-corrected chi connectivity index (χ1v) is 6.55. The van der Waals surface area contributed by atoms with Crippen LogP contribution in [0.2, 0.25) is 0 Å². The molecule has 5 heteroatoms. The lowest BCUT2D eigenvalue weighted by molar-refractivity contribution is 0.561. The molecule has 0 amide bonds. The van der Waals surface area contributed by atoms with Gasteiger partial charge in [-0.05, 0) is 18.6 Å². The van der Waals surface area contributed by atoms with Gasteiger partial charge in [-0.15, -0.1) is 0 Å². The number of fused-ring (bicyclic) bond motifs is 1. The maximum atomic E-state index is 11.5. The summed E-state index contributed by atoms with van der Waals surface area (Å²) in [5, 5.41) is 4.22. The molecule has 1 aromatic carbocycles. The number of anilines is 1. The fraction of sp³-hybridized carbons (Fsp3) is 0.200. The Morgan fingerprint density at radius 1 is 1.30 bits per heavy atom. The zero-order valence-corrected chi connectivity index (χ0v) is 11.0. The van der Waals surface area contributed by atoms with Gasteiger partial charge in [0.05, 0.1) is 12.0 Å². The van der Waals surface area contributed by atoms with Gasteiger partial charge in [0.25, 0.3) is 0 Å². The van der Waals surface area contributed by atoms with Gasteiger partial charge in [0, 0.05) is 36.9 Å². The summed E-state index contributed by atoms with van der Waals surface area (Å²) in [4.78, 5) is 15.5. The van der Waals surface area contributed by atoms with Crippen molar-refractivity contribution < 1.29 is 4.42 Å². The van der Waals surface area contributed by atoms with Crippen molar-refractivity contribution in [2.75, 3.05) is 11.9 Å². The van der Waals surface area contributed by atoms with Crippen LogP contribution in [-0.4, -0.2) is 16.1 Å². The van der Waals surface area contributed by atoms with Gasteiger partial charge in [0.15, 0.2) is 0 Å². The normalized spacial score (nSPS) is 10.8. The third-order valence-corrected chi connectivity index (χ3v) is 3.12. The summed E-state index contributed by atoms with van der Waals surface area (Å²) in [6.07, 6.45) is 6.45. The molecule has 3 rings (SSSR count). The Bertz CT molecular complexity index is 747. The minimum absolute atomic E-state index is 0.333. The van der Waals surface area contributed by atoms with E-state index in [4.69, 9.17) is 4.42 Å². The Hall–Kier alpha value is -2.56. The molecular weight excluding hydrogens is 254 g/mol. The molecule has 0 aliphatic carbocycles. The number of nitrogens with zero attached hydrogens (tertiary/aromatic N) is 2. The summed E-state index contributed by atoms with van der Waals surface area (Å²) in [5.74, 6) is 0. The van der Waals surface area contributed by atoms with Crippen LogP contribution < -0.4 is 10.9 Å². The topological polar surface area (TPSA) is 60.1 Å². The Morgan fingerprint density at radius 2 is 2.20 bits per heavy atom. The van der Waals surface area contributed by atoms with Crippen molar-refractivity contribution in [3.8, 4) is 0 Å². The lowest BCUT2D eigenvalue weighted by Crippen LogP contribution is -2.08. The number of aromatic nitrogens is 2. The third-order valence-electron chi connectivity index (χ3n) is 3.12. The summed E-state index contributed by atoms with van der Waals surface area (Å²) < 4.78 is 7.19. The zero-order chi connectivity index (χ0) is 13.8. The summed E-state index contributed by atoms with van der Waals surface area (Å²) in [7, 11) is 0. The van der Waals surface area contributed by atoms with Crippen LogP contribution in [-0.2, 0) is 6.54 Å². The first-order chi connectivity index (χ1) is 9.83. The molecule has 2 aromatic heterocycles. The molecule has 0 radical (unpaired) electrons. The number of rotatable bonds is 5. The van der Waals surface area contributed by atoms with Crippen molar-refractivity contribution in [1.82, 2.24) is 9.55 Å². The molecule has 0 fully saturated rings. The van der Waals surface area contributed by atoms with Crippen molar-refractivity contribution in [3.63, 3.8) is 0 Å². The first kappa shape index (κ1) is 12.5. The van der Waals surface area contributed by atoms with Crippen molar-refractivity contribution in [2.24, 2.45) is 0 Å². The second-order valence-electron chi connectivity index (χ2n) is 4.56. The molecule has 2 heterocycles. The highest BCUT2D eigenvalue weighted by Crippen LogP contribution is 2.20. The van der Waals surface area contributed by atoms with Gasteiger partial charge in [-0.1, -0.05) is 12.1 Å². The van der Waals surface area contributed by atoms with Crippen molar-refractivity contribution >= 4 is 16.7 Å². The van der Waals surface area contributed by atoms with Gasteiger partial charge < -0.3 is 14.3 Å². The van der Waals surface area contributed by atoms with Crippen LogP contribution in [0.5, 0.6) is 0 Å². The second-order valence-corrected chi connectivity index (χ2v) is 4.56. The fourth-order valence-corrected chi connectivity index (χ4v) is 2.16. The molecule has 0 atom stereocenters. The molecule has 0 aliphatic heterocycles. The lowest BCUT2D eigenvalue weighted by atomic mass is 10.2. The highest BCUT2D eigenvalue weighted by Gasteiger charge is 2.03. The Kier molecular flexibility index (Phi) is 3.50. The van der Waals surface area contributed by atoms with E-state index in [0.29, 0.717) is 5.58 Å². The maximum absolute atomic E-state index is 11.5. The Labute approximate surface area is 115 Å². The van der Waals surface area contributed by atoms with Crippen LogP contribution >= 0.6 is 0 Å². The number of hydrogen-bond acceptors (Lipinski definition) is 4. The molecule has 3 aromatic rings. The molecule has 5 nitrogen and oxygen atoms in total. The van der Waals surface area contributed by atoms with Crippen LogP contribution in [0.25, 0.3) is 11.0 Å². The Balaban J connectivity index is 1.69. The van der Waals surface area contributed by atoms with E-state index in [0.717, 1.165) is 30.6 Å². The van der Waals surface area contributed by atoms with Crippen LogP contribution in [0.3, 0.4) is 0 Å². The monoisotopic (exact) mass is 269 g/mol. The number of benzene rings is 1. The lowest BCUT2D eigenvalue weighted by Gasteiger charge is -2.08. The molecule has 0 aliphatic rings. The quantitative estimate of drug-likeness (QED) is 0.571. The van der Waals surface area contributed by atoms with Gasteiger partial charge in [0.1, 0.15) is 5.58 Å². The van der Waals surface area contributed by atoms with Crippen molar-refractivity contribution in [3.05, 3.63) is 59.5 Å². The SMILES string of the molecule is O=c1cc(NCCCn2ccnc2)c2ccccc2o1. The standard InChI is InChI=1S/C15H15N3O2/c19-15-10-13(12-4-1-2-5-14(12)20-15)17-6-3-8-18-9-7-16-11-18/h1-2,4-5,7,9-11,17H,3,6,8H2. The van der Waals surface area contributed by atoms with Crippen LogP contribution in [0.4, 0.5) is 5.69 Å². The predicted molar refractivity (Wildman–Crippen MR) is 77.8 cm³/mol. The third kappa shape index (κ3) is 2.71. The molecule has 0 bridgehead atoms. The van der Waals surface area contributed by atoms with E-state index >= 15 is 0 Å². The predicted octanol–water partition coefficient (Wildman–Crippen LogP) is 2.49. The van der Waals surface area contributed by atoms with Crippen molar-refractivity contribution in [2.45, 2.75) is 13.0 Å². The van der Waals surface area contributed by atoms with E-state index in [9.17, 15) is 4.79 Å². The average Bonchev–Trinajstić information content (AvgIpc) is 2.96. The molecule has 0 unspecified atom stereocenters. The summed E-state index contributed by atoms with van der Waals surface area (Å²) in [6.45, 7) is 1.68. The minimum Gasteiger partial charge on any atom is -0.423 e. The minimum atomic E-state index is -0.333. The molecule has 102 valence electrons.